The second-order valence-electron chi connectivity index (χ2n) is 8.52. The molecule has 2 bridgehead atoms. The van der Waals surface area contributed by atoms with Crippen molar-refractivity contribution in [2.24, 2.45) is 0 Å². The number of hydrogen-bond acceptors (Lipinski definition) is 6. The van der Waals surface area contributed by atoms with Crippen LogP contribution in [0.5, 0.6) is 0 Å². The second kappa shape index (κ2) is 6.68. The number of rotatable bonds is 2. The van der Waals surface area contributed by atoms with E-state index in [1.54, 1.807) is 0 Å². The van der Waals surface area contributed by atoms with Gasteiger partial charge in [-0.05, 0) is 31.0 Å². The molecule has 1 aromatic rings. The summed E-state index contributed by atoms with van der Waals surface area (Å²) in [5, 5.41) is 0. The fourth-order valence-electron chi connectivity index (χ4n) is 5.05. The standard InChI is InChI=1S/C21H21F3O6/c22-21(23,24)13-6-4-5-12(9-13)17(25)30-19-10-14(27-18(19)26)16-15(11-19)28-20(29-16)7-2-1-3-8-20/h4-6,9,14-16H,1-3,7-8,10-11H2/t14-,15-,16+,19+/m1/s1. The molecule has 1 aromatic carbocycles. The van der Waals surface area contributed by atoms with E-state index in [9.17, 15) is 22.8 Å². The fraction of sp³-hybridized carbons (Fsp3) is 0.619. The summed E-state index contributed by atoms with van der Waals surface area (Å²) in [5.74, 6) is -2.38. The first kappa shape index (κ1) is 19.8. The molecule has 0 unspecified atom stereocenters. The molecule has 2 aliphatic heterocycles. The van der Waals surface area contributed by atoms with Crippen LogP contribution in [0.2, 0.25) is 0 Å². The van der Waals surface area contributed by atoms with Crippen LogP contribution in [0.15, 0.2) is 24.3 Å². The molecule has 4 fully saturated rings. The number of ether oxygens (including phenoxy) is 4. The molecule has 0 aromatic heterocycles. The van der Waals surface area contributed by atoms with Crippen LogP contribution < -0.4 is 0 Å². The van der Waals surface area contributed by atoms with Gasteiger partial charge in [0, 0.05) is 25.7 Å². The molecule has 2 saturated carbocycles. The summed E-state index contributed by atoms with van der Waals surface area (Å²) in [7, 11) is 0. The van der Waals surface area contributed by atoms with Crippen LogP contribution in [-0.4, -0.2) is 41.6 Å². The van der Waals surface area contributed by atoms with Crippen molar-refractivity contribution >= 4 is 11.9 Å². The van der Waals surface area contributed by atoms with Crippen LogP contribution in [0, 0.1) is 0 Å². The van der Waals surface area contributed by atoms with Gasteiger partial charge in [-0.1, -0.05) is 12.5 Å². The Morgan fingerprint density at radius 1 is 1.07 bits per heavy atom. The summed E-state index contributed by atoms with van der Waals surface area (Å²) >= 11 is 0. The topological polar surface area (TPSA) is 71.1 Å². The van der Waals surface area contributed by atoms with Crippen LogP contribution in [-0.2, 0) is 29.9 Å². The number of hydrogen-bond donors (Lipinski definition) is 0. The highest BCUT2D eigenvalue weighted by Crippen LogP contribution is 2.51. The van der Waals surface area contributed by atoms with Crippen LogP contribution in [0.1, 0.15) is 60.9 Å². The normalized spacial score (nSPS) is 34.5. The van der Waals surface area contributed by atoms with Crippen molar-refractivity contribution in [2.45, 2.75) is 80.8 Å². The van der Waals surface area contributed by atoms with Gasteiger partial charge in [-0.15, -0.1) is 0 Å². The molecule has 2 saturated heterocycles. The lowest BCUT2D eigenvalue weighted by Crippen LogP contribution is -2.49. The molecule has 6 nitrogen and oxygen atoms in total. The highest BCUT2D eigenvalue weighted by Gasteiger charge is 2.66. The van der Waals surface area contributed by atoms with Gasteiger partial charge in [-0.2, -0.15) is 13.2 Å². The Hall–Kier alpha value is -2.13. The molecule has 162 valence electrons. The van der Waals surface area contributed by atoms with E-state index in [0.29, 0.717) is 6.07 Å². The van der Waals surface area contributed by atoms with Crippen LogP contribution in [0.3, 0.4) is 0 Å². The van der Waals surface area contributed by atoms with E-state index >= 15 is 0 Å². The number of carbonyl (C=O) groups excluding carboxylic acids is 2. The first-order valence-corrected chi connectivity index (χ1v) is 10.2. The minimum absolute atomic E-state index is 0.0689. The smallest absolute Gasteiger partial charge is 0.416 e. The van der Waals surface area contributed by atoms with Crippen molar-refractivity contribution in [3.05, 3.63) is 35.4 Å². The van der Waals surface area contributed by atoms with Crippen molar-refractivity contribution in [1.29, 1.82) is 0 Å². The number of esters is 2. The molecule has 1 spiro atoms. The van der Waals surface area contributed by atoms with Crippen molar-refractivity contribution in [2.75, 3.05) is 0 Å². The zero-order chi connectivity index (χ0) is 21.1. The summed E-state index contributed by atoms with van der Waals surface area (Å²) in [6.07, 6.45) is -1.30. The Balaban J connectivity index is 1.36. The Morgan fingerprint density at radius 2 is 1.80 bits per heavy atom. The molecule has 4 aliphatic rings. The van der Waals surface area contributed by atoms with E-state index in [-0.39, 0.29) is 18.4 Å². The highest BCUT2D eigenvalue weighted by molar-refractivity contribution is 5.93. The second-order valence-corrected chi connectivity index (χ2v) is 8.52. The van der Waals surface area contributed by atoms with E-state index in [0.717, 1.165) is 44.2 Å². The number of alkyl halides is 3. The largest absolute Gasteiger partial charge is 0.456 e. The lowest BCUT2D eigenvalue weighted by molar-refractivity contribution is -0.203. The third kappa shape index (κ3) is 3.19. The number of halogens is 3. The van der Waals surface area contributed by atoms with E-state index in [1.165, 1.54) is 6.07 Å². The molecular weight excluding hydrogens is 405 g/mol. The van der Waals surface area contributed by atoms with E-state index in [1.807, 2.05) is 0 Å². The third-order valence-electron chi connectivity index (χ3n) is 6.47. The van der Waals surface area contributed by atoms with Crippen LogP contribution in [0.25, 0.3) is 0 Å². The van der Waals surface area contributed by atoms with Crippen LogP contribution >= 0.6 is 0 Å². The van der Waals surface area contributed by atoms with Gasteiger partial charge in [0.15, 0.2) is 5.79 Å². The van der Waals surface area contributed by atoms with Gasteiger partial charge >= 0.3 is 18.1 Å². The van der Waals surface area contributed by atoms with Gasteiger partial charge in [0.2, 0.25) is 5.60 Å². The number of fused-ring (bicyclic) bond motifs is 4. The molecule has 0 N–H and O–H groups in total. The maximum Gasteiger partial charge on any atom is 0.416 e. The van der Waals surface area contributed by atoms with Gasteiger partial charge in [0.1, 0.15) is 12.2 Å². The maximum absolute atomic E-state index is 13.0. The Kier molecular flexibility index (Phi) is 4.41. The van der Waals surface area contributed by atoms with E-state index in [4.69, 9.17) is 18.9 Å². The Morgan fingerprint density at radius 3 is 2.53 bits per heavy atom. The molecule has 4 atom stereocenters. The predicted octanol–water partition coefficient (Wildman–Crippen LogP) is 3.76. The Bertz CT molecular complexity index is 878. The molecule has 0 radical (unpaired) electrons. The first-order chi connectivity index (χ1) is 14.2. The van der Waals surface area contributed by atoms with E-state index in [2.05, 4.69) is 0 Å². The molecule has 2 aliphatic carbocycles. The van der Waals surface area contributed by atoms with E-state index < -0.39 is 53.4 Å². The molecule has 9 heteroatoms. The third-order valence-corrected chi connectivity index (χ3v) is 6.47. The molecule has 5 rings (SSSR count). The number of carbonyl (C=O) groups is 2. The minimum atomic E-state index is -4.59. The van der Waals surface area contributed by atoms with Crippen molar-refractivity contribution in [1.82, 2.24) is 0 Å². The molecule has 30 heavy (non-hydrogen) atoms. The maximum atomic E-state index is 13.0. The van der Waals surface area contributed by atoms with Gasteiger partial charge in [0.25, 0.3) is 0 Å². The highest BCUT2D eigenvalue weighted by atomic mass is 19.4. The fourth-order valence-corrected chi connectivity index (χ4v) is 5.05. The predicted molar refractivity (Wildman–Crippen MR) is 94.3 cm³/mol. The SMILES string of the molecule is O=C(O[C@]12C[C@@H](OC1=O)[C@@H]1OC3(CCCCC3)O[C@@H]1C2)c1cccc(C(F)(F)F)c1. The lowest BCUT2D eigenvalue weighted by atomic mass is 9.82. The Labute approximate surface area is 170 Å². The zero-order valence-corrected chi connectivity index (χ0v) is 16.1. The van der Waals surface area contributed by atoms with Crippen molar-refractivity contribution in [3.63, 3.8) is 0 Å². The molecule has 0 amide bonds. The average Bonchev–Trinajstić information content (AvgIpc) is 3.18. The van der Waals surface area contributed by atoms with Crippen molar-refractivity contribution < 1.29 is 41.7 Å². The first-order valence-electron chi connectivity index (χ1n) is 10.2. The van der Waals surface area contributed by atoms with Gasteiger partial charge < -0.3 is 18.9 Å². The monoisotopic (exact) mass is 426 g/mol. The summed E-state index contributed by atoms with van der Waals surface area (Å²) in [6, 6.07) is 3.94. The minimum Gasteiger partial charge on any atom is -0.456 e. The quantitative estimate of drug-likeness (QED) is 0.671. The summed E-state index contributed by atoms with van der Waals surface area (Å²) in [4.78, 5) is 25.2. The zero-order valence-electron chi connectivity index (χ0n) is 16.1. The molecule has 2 heterocycles. The van der Waals surface area contributed by atoms with Gasteiger partial charge in [-0.25, -0.2) is 9.59 Å². The lowest BCUT2D eigenvalue weighted by Gasteiger charge is -2.33. The van der Waals surface area contributed by atoms with Gasteiger partial charge in [-0.3, -0.25) is 0 Å². The van der Waals surface area contributed by atoms with Crippen LogP contribution in [0.4, 0.5) is 13.2 Å². The summed E-state index contributed by atoms with van der Waals surface area (Å²) in [6.45, 7) is 0. The van der Waals surface area contributed by atoms with Crippen molar-refractivity contribution in [3.8, 4) is 0 Å². The summed E-state index contributed by atoms with van der Waals surface area (Å²) in [5.41, 5.74) is -2.80. The van der Waals surface area contributed by atoms with Gasteiger partial charge in [0.05, 0.1) is 17.2 Å². The molecular formula is C21H21F3O6. The number of benzene rings is 1. The summed E-state index contributed by atoms with van der Waals surface area (Å²) < 4.78 is 62.2. The average molecular weight is 426 g/mol.